The number of fused-ring (bicyclic) bond motifs is 1. The number of nitrogens with zero attached hydrogens (tertiary/aromatic N) is 2. The fourth-order valence-corrected chi connectivity index (χ4v) is 4.14. The minimum atomic E-state index is -0.795. The Balaban J connectivity index is 1.54. The number of carbonyl (C=O) groups excluding carboxylic acids is 1. The third kappa shape index (κ3) is 4.66. The Hall–Kier alpha value is -2.08. The monoisotopic (exact) mass is 387 g/mol. The number of rotatable bonds is 5. The molecule has 2 amide bonds. The molecule has 1 aliphatic carbocycles. The Morgan fingerprint density at radius 1 is 1.25 bits per heavy atom. The first-order chi connectivity index (χ1) is 13.2. The first kappa shape index (κ1) is 20.6. The summed E-state index contributed by atoms with van der Waals surface area (Å²) < 4.78 is 0. The third-order valence-electron chi connectivity index (χ3n) is 6.07. The van der Waals surface area contributed by atoms with Crippen molar-refractivity contribution in [2.75, 3.05) is 19.6 Å². The Kier molecular flexibility index (Phi) is 5.98. The van der Waals surface area contributed by atoms with E-state index in [4.69, 9.17) is 5.11 Å². The van der Waals surface area contributed by atoms with E-state index in [0.29, 0.717) is 6.54 Å². The van der Waals surface area contributed by atoms with Crippen LogP contribution in [-0.2, 0) is 23.2 Å². The van der Waals surface area contributed by atoms with Crippen LogP contribution in [0.3, 0.4) is 0 Å². The van der Waals surface area contributed by atoms with Crippen LogP contribution in [-0.4, -0.2) is 58.6 Å². The number of carboxylic acids is 1. The zero-order valence-corrected chi connectivity index (χ0v) is 17.5. The van der Waals surface area contributed by atoms with Crippen molar-refractivity contribution in [1.82, 2.24) is 15.1 Å². The number of hydrogen-bond donors (Lipinski definition) is 2. The second kappa shape index (κ2) is 8.11. The summed E-state index contributed by atoms with van der Waals surface area (Å²) in [5.74, 6) is -0.795. The topological polar surface area (TPSA) is 72.9 Å². The van der Waals surface area contributed by atoms with Gasteiger partial charge in [0.05, 0.1) is 6.54 Å². The number of amides is 2. The summed E-state index contributed by atoms with van der Waals surface area (Å²) in [5, 5.41) is 12.1. The Morgan fingerprint density at radius 2 is 1.96 bits per heavy atom. The smallest absolute Gasteiger partial charge is 0.317 e. The van der Waals surface area contributed by atoms with E-state index in [0.717, 1.165) is 32.4 Å². The van der Waals surface area contributed by atoms with Crippen LogP contribution in [0.5, 0.6) is 0 Å². The predicted molar refractivity (Wildman–Crippen MR) is 109 cm³/mol. The van der Waals surface area contributed by atoms with Gasteiger partial charge in [0.15, 0.2) is 0 Å². The predicted octanol–water partition coefficient (Wildman–Crippen LogP) is 2.99. The van der Waals surface area contributed by atoms with Crippen molar-refractivity contribution in [2.24, 2.45) is 0 Å². The van der Waals surface area contributed by atoms with Crippen LogP contribution in [0, 0.1) is 0 Å². The zero-order valence-electron chi connectivity index (χ0n) is 17.5. The third-order valence-corrected chi connectivity index (χ3v) is 6.07. The van der Waals surface area contributed by atoms with E-state index in [1.54, 1.807) is 0 Å². The van der Waals surface area contributed by atoms with E-state index in [9.17, 15) is 9.59 Å². The van der Waals surface area contributed by atoms with E-state index in [1.807, 2.05) is 16.7 Å². The molecule has 0 unspecified atom stereocenters. The summed E-state index contributed by atoms with van der Waals surface area (Å²) in [5.41, 5.74) is 3.99. The van der Waals surface area contributed by atoms with Gasteiger partial charge in [-0.05, 0) is 47.9 Å². The molecule has 1 aliphatic heterocycles. The largest absolute Gasteiger partial charge is 0.480 e. The molecule has 1 saturated carbocycles. The molecular weight excluding hydrogens is 354 g/mol. The maximum Gasteiger partial charge on any atom is 0.317 e. The molecule has 1 aromatic carbocycles. The minimum Gasteiger partial charge on any atom is -0.480 e. The quantitative estimate of drug-likeness (QED) is 0.815. The Bertz CT molecular complexity index is 735. The van der Waals surface area contributed by atoms with Crippen LogP contribution in [0.15, 0.2) is 18.2 Å². The number of aliphatic carboxylic acids is 1. The molecule has 2 aliphatic rings. The lowest BCUT2D eigenvalue weighted by Gasteiger charge is -2.43. The summed E-state index contributed by atoms with van der Waals surface area (Å²) in [6, 6.07) is 7.06. The molecule has 154 valence electrons. The number of urea groups is 1. The molecule has 0 radical (unpaired) electrons. The molecule has 0 spiro atoms. The standard InChI is InChI=1S/C22H33N3O3/c1-5-24(14-20(26)27)19-11-18(12-19)23-21(28)25-9-8-15-6-7-17(22(2,3)4)10-16(15)13-25/h6-7,10,18-19H,5,8-9,11-14H2,1-4H3,(H,23,28)(H,26,27). The van der Waals surface area contributed by atoms with Gasteiger partial charge in [-0.25, -0.2) is 4.79 Å². The molecule has 0 aromatic heterocycles. The number of benzene rings is 1. The van der Waals surface area contributed by atoms with Crippen molar-refractivity contribution in [3.05, 3.63) is 34.9 Å². The first-order valence-corrected chi connectivity index (χ1v) is 10.3. The summed E-state index contributed by atoms with van der Waals surface area (Å²) in [4.78, 5) is 27.5. The van der Waals surface area contributed by atoms with Gasteiger partial charge in [-0.15, -0.1) is 0 Å². The number of carbonyl (C=O) groups is 2. The highest BCUT2D eigenvalue weighted by atomic mass is 16.4. The zero-order chi connectivity index (χ0) is 20.5. The van der Waals surface area contributed by atoms with Gasteiger partial charge in [0, 0.05) is 25.2 Å². The number of likely N-dealkylation sites (N-methyl/N-ethyl adjacent to an activating group) is 1. The van der Waals surface area contributed by atoms with Gasteiger partial charge in [0.2, 0.25) is 0 Å². The summed E-state index contributed by atoms with van der Waals surface area (Å²) in [7, 11) is 0. The summed E-state index contributed by atoms with van der Waals surface area (Å²) in [6.07, 6.45) is 2.54. The van der Waals surface area contributed by atoms with Crippen LogP contribution >= 0.6 is 0 Å². The lowest BCUT2D eigenvalue weighted by atomic mass is 9.84. The molecule has 1 aromatic rings. The average Bonchev–Trinajstić information content (AvgIpc) is 2.60. The van der Waals surface area contributed by atoms with Gasteiger partial charge in [-0.2, -0.15) is 0 Å². The SMILES string of the molecule is CCN(CC(=O)O)C1CC(NC(=O)N2CCc3ccc(C(C)(C)C)cc3C2)C1. The molecule has 1 fully saturated rings. The molecule has 1 heterocycles. The summed E-state index contributed by atoms with van der Waals surface area (Å²) in [6.45, 7) is 10.8. The number of carboxylic acid groups (broad SMARTS) is 1. The van der Waals surface area contributed by atoms with Crippen molar-refractivity contribution >= 4 is 12.0 Å². The van der Waals surface area contributed by atoms with Crippen molar-refractivity contribution in [2.45, 2.75) is 71.0 Å². The maximum absolute atomic E-state index is 12.7. The molecule has 6 nitrogen and oxygen atoms in total. The van der Waals surface area contributed by atoms with E-state index < -0.39 is 5.97 Å². The number of hydrogen-bond acceptors (Lipinski definition) is 3. The van der Waals surface area contributed by atoms with Gasteiger partial charge in [-0.3, -0.25) is 9.69 Å². The van der Waals surface area contributed by atoms with Crippen LogP contribution in [0.2, 0.25) is 0 Å². The highest BCUT2D eigenvalue weighted by molar-refractivity contribution is 5.75. The Labute approximate surface area is 167 Å². The van der Waals surface area contributed by atoms with Crippen molar-refractivity contribution in [1.29, 1.82) is 0 Å². The van der Waals surface area contributed by atoms with Crippen molar-refractivity contribution in [3.8, 4) is 0 Å². The fourth-order valence-electron chi connectivity index (χ4n) is 4.14. The lowest BCUT2D eigenvalue weighted by molar-refractivity contribution is -0.139. The van der Waals surface area contributed by atoms with Gasteiger partial charge in [-0.1, -0.05) is 45.9 Å². The molecule has 0 bridgehead atoms. The summed E-state index contributed by atoms with van der Waals surface area (Å²) >= 11 is 0. The van der Waals surface area contributed by atoms with Gasteiger partial charge in [0.25, 0.3) is 0 Å². The van der Waals surface area contributed by atoms with Gasteiger partial charge in [0.1, 0.15) is 0 Å². The molecule has 2 N–H and O–H groups in total. The van der Waals surface area contributed by atoms with Crippen LogP contribution < -0.4 is 5.32 Å². The highest BCUT2D eigenvalue weighted by Crippen LogP contribution is 2.29. The van der Waals surface area contributed by atoms with Crippen molar-refractivity contribution in [3.63, 3.8) is 0 Å². The molecule has 0 atom stereocenters. The molecule has 0 saturated heterocycles. The van der Waals surface area contributed by atoms with E-state index in [-0.39, 0.29) is 30.1 Å². The highest BCUT2D eigenvalue weighted by Gasteiger charge is 2.35. The fraction of sp³-hybridized carbons (Fsp3) is 0.636. The minimum absolute atomic E-state index is 0.00320. The Morgan fingerprint density at radius 3 is 2.57 bits per heavy atom. The van der Waals surface area contributed by atoms with Crippen LogP contribution in [0.1, 0.15) is 57.2 Å². The molecule has 6 heteroatoms. The number of nitrogens with one attached hydrogen (secondary N) is 1. The molecule has 3 rings (SSSR count). The first-order valence-electron chi connectivity index (χ1n) is 10.3. The van der Waals surface area contributed by atoms with Crippen LogP contribution in [0.25, 0.3) is 0 Å². The lowest BCUT2D eigenvalue weighted by Crippen LogP contribution is -2.57. The van der Waals surface area contributed by atoms with Gasteiger partial charge >= 0.3 is 12.0 Å². The molecular formula is C22H33N3O3. The van der Waals surface area contributed by atoms with E-state index in [1.165, 1.54) is 16.7 Å². The van der Waals surface area contributed by atoms with E-state index in [2.05, 4.69) is 44.3 Å². The molecule has 28 heavy (non-hydrogen) atoms. The van der Waals surface area contributed by atoms with Crippen molar-refractivity contribution < 1.29 is 14.7 Å². The van der Waals surface area contributed by atoms with Crippen LogP contribution in [0.4, 0.5) is 4.79 Å². The van der Waals surface area contributed by atoms with E-state index >= 15 is 0 Å². The normalized spacial score (nSPS) is 21.8. The maximum atomic E-state index is 12.7. The second-order valence-corrected chi connectivity index (χ2v) is 9.13. The second-order valence-electron chi connectivity index (χ2n) is 9.13. The van der Waals surface area contributed by atoms with Gasteiger partial charge < -0.3 is 15.3 Å². The average molecular weight is 388 g/mol.